The highest BCUT2D eigenvalue weighted by Gasteiger charge is 2.01. The predicted octanol–water partition coefficient (Wildman–Crippen LogP) is 2.98. The number of benzene rings is 2. The van der Waals surface area contributed by atoms with E-state index in [1.165, 1.54) is 5.56 Å². The van der Waals surface area contributed by atoms with E-state index < -0.39 is 0 Å². The number of nitrogens with one attached hydrogen (secondary N) is 2. The monoisotopic (exact) mass is 268 g/mol. The van der Waals surface area contributed by atoms with E-state index in [1.807, 2.05) is 49.4 Å². The van der Waals surface area contributed by atoms with E-state index in [9.17, 15) is 4.79 Å². The summed E-state index contributed by atoms with van der Waals surface area (Å²) in [5.41, 5.74) is 3.34. The largest absolute Gasteiger partial charge is 0.381 e. The molecule has 0 aliphatic carbocycles. The number of carbonyl (C=O) groups is 1. The first-order valence-electron chi connectivity index (χ1n) is 6.91. The Bertz CT molecular complexity index is 535. The van der Waals surface area contributed by atoms with Crippen LogP contribution < -0.4 is 10.6 Å². The fraction of sp³-hybridized carbons (Fsp3) is 0.235. The van der Waals surface area contributed by atoms with Crippen molar-refractivity contribution in [3.8, 4) is 0 Å². The molecule has 2 aromatic rings. The zero-order valence-electron chi connectivity index (χ0n) is 11.7. The third kappa shape index (κ3) is 4.43. The number of hydrogen-bond donors (Lipinski definition) is 2. The quantitative estimate of drug-likeness (QED) is 0.845. The Kier molecular flexibility index (Phi) is 5.18. The minimum absolute atomic E-state index is 0.0671. The van der Waals surface area contributed by atoms with E-state index in [0.29, 0.717) is 13.0 Å². The van der Waals surface area contributed by atoms with E-state index in [2.05, 4.69) is 22.8 Å². The van der Waals surface area contributed by atoms with Crippen molar-refractivity contribution in [2.45, 2.75) is 19.9 Å². The maximum absolute atomic E-state index is 11.5. The van der Waals surface area contributed by atoms with Crippen molar-refractivity contribution in [1.82, 2.24) is 5.32 Å². The summed E-state index contributed by atoms with van der Waals surface area (Å²) >= 11 is 0. The van der Waals surface area contributed by atoms with Crippen LogP contribution >= 0.6 is 0 Å². The highest BCUT2D eigenvalue weighted by atomic mass is 16.1. The van der Waals surface area contributed by atoms with Gasteiger partial charge in [0.2, 0.25) is 5.91 Å². The van der Waals surface area contributed by atoms with Crippen molar-refractivity contribution in [3.05, 3.63) is 65.7 Å². The van der Waals surface area contributed by atoms with Crippen LogP contribution in [0.3, 0.4) is 0 Å². The number of hydrogen-bond acceptors (Lipinski definition) is 2. The molecule has 0 atom stereocenters. The van der Waals surface area contributed by atoms with Crippen LogP contribution in [-0.2, 0) is 17.8 Å². The van der Waals surface area contributed by atoms with Crippen LogP contribution in [0.15, 0.2) is 54.6 Å². The van der Waals surface area contributed by atoms with Gasteiger partial charge in [-0.05, 0) is 30.2 Å². The average Bonchev–Trinajstić information content (AvgIpc) is 2.48. The van der Waals surface area contributed by atoms with Crippen molar-refractivity contribution in [2.75, 3.05) is 11.9 Å². The molecule has 0 spiro atoms. The molecule has 2 N–H and O–H groups in total. The molecule has 20 heavy (non-hydrogen) atoms. The Labute approximate surface area is 120 Å². The van der Waals surface area contributed by atoms with E-state index in [4.69, 9.17) is 0 Å². The first-order chi connectivity index (χ1) is 9.78. The molecule has 0 aromatic heterocycles. The van der Waals surface area contributed by atoms with Gasteiger partial charge in [-0.1, -0.05) is 42.5 Å². The van der Waals surface area contributed by atoms with Gasteiger partial charge in [0.05, 0.1) is 6.42 Å². The molecule has 104 valence electrons. The van der Waals surface area contributed by atoms with Gasteiger partial charge in [0.15, 0.2) is 0 Å². The van der Waals surface area contributed by atoms with Crippen molar-refractivity contribution < 1.29 is 4.79 Å². The fourth-order valence-electron chi connectivity index (χ4n) is 1.99. The highest BCUT2D eigenvalue weighted by Crippen LogP contribution is 2.11. The molecule has 0 radical (unpaired) electrons. The topological polar surface area (TPSA) is 41.1 Å². The van der Waals surface area contributed by atoms with E-state index in [1.54, 1.807) is 0 Å². The lowest BCUT2D eigenvalue weighted by molar-refractivity contribution is -0.120. The smallest absolute Gasteiger partial charge is 0.224 e. The van der Waals surface area contributed by atoms with Gasteiger partial charge in [0, 0.05) is 18.8 Å². The molecule has 0 saturated heterocycles. The zero-order chi connectivity index (χ0) is 14.2. The van der Waals surface area contributed by atoms with Crippen LogP contribution in [0, 0.1) is 0 Å². The zero-order valence-corrected chi connectivity index (χ0v) is 11.7. The Morgan fingerprint density at radius 2 is 1.65 bits per heavy atom. The summed E-state index contributed by atoms with van der Waals surface area (Å²) in [7, 11) is 0. The second-order valence-electron chi connectivity index (χ2n) is 4.67. The molecule has 3 heteroatoms. The van der Waals surface area contributed by atoms with Crippen LogP contribution in [0.1, 0.15) is 18.1 Å². The van der Waals surface area contributed by atoms with E-state index in [0.717, 1.165) is 17.8 Å². The van der Waals surface area contributed by atoms with Gasteiger partial charge in [-0.2, -0.15) is 0 Å². The normalized spacial score (nSPS) is 10.1. The lowest BCUT2D eigenvalue weighted by atomic mass is 10.1. The summed E-state index contributed by atoms with van der Waals surface area (Å²) in [6.07, 6.45) is 0.437. The fourth-order valence-corrected chi connectivity index (χ4v) is 1.99. The molecule has 0 bridgehead atoms. The Balaban J connectivity index is 1.87. The van der Waals surface area contributed by atoms with Gasteiger partial charge >= 0.3 is 0 Å². The number of anilines is 1. The number of amides is 1. The van der Waals surface area contributed by atoms with Crippen LogP contribution in [0.5, 0.6) is 0 Å². The Morgan fingerprint density at radius 1 is 0.950 bits per heavy atom. The summed E-state index contributed by atoms with van der Waals surface area (Å²) in [5, 5.41) is 6.17. The molecule has 1 amide bonds. The Hall–Kier alpha value is -2.29. The number of carbonyl (C=O) groups excluding carboxylic acids is 1. The maximum Gasteiger partial charge on any atom is 0.224 e. The third-order valence-electron chi connectivity index (χ3n) is 3.03. The van der Waals surface area contributed by atoms with Crippen LogP contribution in [-0.4, -0.2) is 12.5 Å². The third-order valence-corrected chi connectivity index (χ3v) is 3.03. The van der Waals surface area contributed by atoms with E-state index in [-0.39, 0.29) is 5.91 Å². The lowest BCUT2D eigenvalue weighted by Crippen LogP contribution is -2.24. The lowest BCUT2D eigenvalue weighted by Gasteiger charge is -2.08. The van der Waals surface area contributed by atoms with Crippen LogP contribution in [0.2, 0.25) is 0 Å². The molecule has 0 aliphatic heterocycles. The minimum atomic E-state index is 0.0671. The van der Waals surface area contributed by atoms with Crippen molar-refractivity contribution in [3.63, 3.8) is 0 Å². The predicted molar refractivity (Wildman–Crippen MR) is 82.6 cm³/mol. The summed E-state index contributed by atoms with van der Waals surface area (Å²) in [5.74, 6) is 0.0671. The summed E-state index contributed by atoms with van der Waals surface area (Å²) < 4.78 is 0. The average molecular weight is 268 g/mol. The van der Waals surface area contributed by atoms with E-state index >= 15 is 0 Å². The summed E-state index contributed by atoms with van der Waals surface area (Å²) in [6, 6.07) is 18.3. The maximum atomic E-state index is 11.5. The first kappa shape index (κ1) is 14.1. The standard InChI is InChI=1S/C17H20N2O/c1-2-18-17(20)12-14-8-10-16(11-9-14)19-13-15-6-4-3-5-7-15/h3-11,19H,2,12-13H2,1H3,(H,18,20). The second-order valence-corrected chi connectivity index (χ2v) is 4.67. The van der Waals surface area contributed by atoms with Gasteiger partial charge < -0.3 is 10.6 Å². The second kappa shape index (κ2) is 7.34. The van der Waals surface area contributed by atoms with Gasteiger partial charge in [-0.25, -0.2) is 0 Å². The first-order valence-corrected chi connectivity index (χ1v) is 6.91. The molecule has 0 fully saturated rings. The number of likely N-dealkylation sites (N-methyl/N-ethyl adjacent to an activating group) is 1. The van der Waals surface area contributed by atoms with Crippen LogP contribution in [0.4, 0.5) is 5.69 Å². The van der Waals surface area contributed by atoms with Crippen LogP contribution in [0.25, 0.3) is 0 Å². The molecule has 2 aromatic carbocycles. The Morgan fingerprint density at radius 3 is 2.30 bits per heavy atom. The highest BCUT2D eigenvalue weighted by molar-refractivity contribution is 5.78. The molecule has 0 saturated carbocycles. The van der Waals surface area contributed by atoms with Gasteiger partial charge in [0.25, 0.3) is 0 Å². The van der Waals surface area contributed by atoms with Gasteiger partial charge in [-0.3, -0.25) is 4.79 Å². The van der Waals surface area contributed by atoms with Gasteiger partial charge in [0.1, 0.15) is 0 Å². The van der Waals surface area contributed by atoms with Crippen molar-refractivity contribution in [1.29, 1.82) is 0 Å². The summed E-state index contributed by atoms with van der Waals surface area (Å²) in [4.78, 5) is 11.5. The molecular weight excluding hydrogens is 248 g/mol. The molecule has 0 aliphatic rings. The molecular formula is C17H20N2O. The number of rotatable bonds is 6. The minimum Gasteiger partial charge on any atom is -0.381 e. The molecule has 3 nitrogen and oxygen atoms in total. The molecule has 0 heterocycles. The summed E-state index contributed by atoms with van der Waals surface area (Å²) in [6.45, 7) is 3.40. The molecule has 2 rings (SSSR count). The van der Waals surface area contributed by atoms with Crippen molar-refractivity contribution >= 4 is 11.6 Å². The van der Waals surface area contributed by atoms with Gasteiger partial charge in [-0.15, -0.1) is 0 Å². The van der Waals surface area contributed by atoms with Crippen molar-refractivity contribution in [2.24, 2.45) is 0 Å². The SMILES string of the molecule is CCNC(=O)Cc1ccc(NCc2ccccc2)cc1. The molecule has 0 unspecified atom stereocenters.